The molecule has 0 aromatic rings. The van der Waals surface area contributed by atoms with Crippen molar-refractivity contribution in [1.29, 1.82) is 0 Å². The molecule has 3 fully saturated rings. The highest BCUT2D eigenvalue weighted by Crippen LogP contribution is 2.63. The molecule has 0 aromatic heterocycles. The molecule has 7 atom stereocenters. The second-order valence-corrected chi connectivity index (χ2v) is 5.38. The number of carboxylic acid groups (broad SMARTS) is 1. The van der Waals surface area contributed by atoms with Gasteiger partial charge in [-0.1, -0.05) is 12.2 Å². The van der Waals surface area contributed by atoms with E-state index in [0.717, 1.165) is 6.42 Å². The summed E-state index contributed by atoms with van der Waals surface area (Å²) >= 11 is 0. The molecule has 16 heavy (non-hydrogen) atoms. The maximum absolute atomic E-state index is 11.7. The fraction of sp³-hybridized carbons (Fsp3) is 0.667. The van der Waals surface area contributed by atoms with Crippen molar-refractivity contribution in [3.63, 3.8) is 0 Å². The lowest BCUT2D eigenvalue weighted by Gasteiger charge is -2.16. The summed E-state index contributed by atoms with van der Waals surface area (Å²) in [5.41, 5.74) is 0. The van der Waals surface area contributed by atoms with Gasteiger partial charge in [-0.25, -0.2) is 0 Å². The lowest BCUT2D eigenvalue weighted by molar-refractivity contribution is -0.153. The van der Waals surface area contributed by atoms with Crippen LogP contribution in [0.15, 0.2) is 12.2 Å². The van der Waals surface area contributed by atoms with Crippen LogP contribution in [0.1, 0.15) is 6.42 Å². The molecule has 0 bridgehead atoms. The normalized spacial score (nSPS) is 55.5. The predicted molar refractivity (Wildman–Crippen MR) is 52.2 cm³/mol. The van der Waals surface area contributed by atoms with Gasteiger partial charge in [0.2, 0.25) is 0 Å². The molecule has 0 spiro atoms. The zero-order valence-electron chi connectivity index (χ0n) is 8.58. The van der Waals surface area contributed by atoms with E-state index in [0.29, 0.717) is 11.8 Å². The van der Waals surface area contributed by atoms with Crippen LogP contribution in [0.3, 0.4) is 0 Å². The van der Waals surface area contributed by atoms with Crippen LogP contribution in [-0.2, 0) is 14.3 Å². The minimum absolute atomic E-state index is 0.00991. The van der Waals surface area contributed by atoms with Crippen LogP contribution in [0.2, 0.25) is 0 Å². The average Bonchev–Trinajstić information content (AvgIpc) is 2.84. The number of ether oxygens (including phenoxy) is 1. The maximum Gasteiger partial charge on any atom is 0.310 e. The Morgan fingerprint density at radius 2 is 2.19 bits per heavy atom. The quantitative estimate of drug-likeness (QED) is 0.521. The molecular weight excluding hydrogens is 208 g/mol. The number of allylic oxidation sites excluding steroid dienone is 2. The van der Waals surface area contributed by atoms with Gasteiger partial charge in [-0.05, 0) is 24.2 Å². The van der Waals surface area contributed by atoms with Gasteiger partial charge in [0.05, 0.1) is 11.8 Å². The number of hydrogen-bond donors (Lipinski definition) is 1. The Balaban J connectivity index is 1.85. The summed E-state index contributed by atoms with van der Waals surface area (Å²) in [5.74, 6) is -1.02. The molecule has 4 aliphatic rings. The number of carbonyl (C=O) groups excluding carboxylic acids is 1. The van der Waals surface area contributed by atoms with E-state index in [9.17, 15) is 14.7 Å². The fourth-order valence-corrected chi connectivity index (χ4v) is 4.55. The molecule has 0 amide bonds. The first-order valence-corrected chi connectivity index (χ1v) is 5.80. The molecule has 4 heteroatoms. The molecule has 0 unspecified atom stereocenters. The smallest absolute Gasteiger partial charge is 0.310 e. The number of carbonyl (C=O) groups is 2. The summed E-state index contributed by atoms with van der Waals surface area (Å²) in [5, 5.41) is 9.28. The van der Waals surface area contributed by atoms with Crippen LogP contribution >= 0.6 is 0 Å². The van der Waals surface area contributed by atoms with Gasteiger partial charge in [-0.3, -0.25) is 9.59 Å². The van der Waals surface area contributed by atoms with Crippen LogP contribution in [0.25, 0.3) is 0 Å². The maximum atomic E-state index is 11.7. The lowest BCUT2D eigenvalue weighted by atomic mass is 9.87. The molecule has 0 radical (unpaired) electrons. The second-order valence-electron chi connectivity index (χ2n) is 5.38. The first-order chi connectivity index (χ1) is 7.68. The third-order valence-corrected chi connectivity index (χ3v) is 4.94. The summed E-state index contributed by atoms with van der Waals surface area (Å²) in [6.07, 6.45) is 5.05. The highest BCUT2D eigenvalue weighted by atomic mass is 16.6. The second kappa shape index (κ2) is 2.50. The molecule has 4 nitrogen and oxygen atoms in total. The van der Waals surface area contributed by atoms with Crippen molar-refractivity contribution in [2.24, 2.45) is 35.5 Å². The van der Waals surface area contributed by atoms with Crippen molar-refractivity contribution in [3.8, 4) is 0 Å². The molecule has 84 valence electrons. The molecule has 1 saturated heterocycles. The Morgan fingerprint density at radius 3 is 2.94 bits per heavy atom. The van der Waals surface area contributed by atoms with E-state index >= 15 is 0 Å². The summed E-state index contributed by atoms with van der Waals surface area (Å²) in [4.78, 5) is 23.0. The van der Waals surface area contributed by atoms with E-state index in [1.807, 2.05) is 6.08 Å². The molecule has 1 aliphatic heterocycles. The third-order valence-electron chi connectivity index (χ3n) is 4.94. The first kappa shape index (κ1) is 8.79. The zero-order chi connectivity index (χ0) is 11.0. The number of aliphatic carboxylic acids is 1. The molecule has 1 heterocycles. The molecule has 4 rings (SSSR count). The summed E-state index contributed by atoms with van der Waals surface area (Å²) < 4.78 is 5.32. The number of hydrogen-bond acceptors (Lipinski definition) is 3. The van der Waals surface area contributed by atoms with Gasteiger partial charge >= 0.3 is 11.9 Å². The Morgan fingerprint density at radius 1 is 1.38 bits per heavy atom. The SMILES string of the molecule is O=C(O)[C@@H]1[C@@H]2C=C[C@@H]3C[C@@H]4OC(=O)[C@@H]1[C@@H]4[C@@H]23. The molecule has 1 N–H and O–H groups in total. The van der Waals surface area contributed by atoms with E-state index < -0.39 is 11.9 Å². The van der Waals surface area contributed by atoms with Crippen molar-refractivity contribution < 1.29 is 19.4 Å². The van der Waals surface area contributed by atoms with Crippen LogP contribution in [0, 0.1) is 35.5 Å². The van der Waals surface area contributed by atoms with Gasteiger partial charge in [0.15, 0.2) is 0 Å². The Hall–Kier alpha value is -1.32. The van der Waals surface area contributed by atoms with Crippen molar-refractivity contribution in [2.75, 3.05) is 0 Å². The van der Waals surface area contributed by atoms with Crippen LogP contribution in [0.4, 0.5) is 0 Å². The minimum Gasteiger partial charge on any atom is -0.481 e. The number of esters is 1. The third kappa shape index (κ3) is 0.761. The summed E-state index contributed by atoms with van der Waals surface area (Å²) in [7, 11) is 0. The molecular formula is C12H12O4. The topological polar surface area (TPSA) is 63.6 Å². The van der Waals surface area contributed by atoms with E-state index in [1.54, 1.807) is 0 Å². The number of rotatable bonds is 1. The molecule has 3 aliphatic carbocycles. The summed E-state index contributed by atoms with van der Waals surface area (Å²) in [6.45, 7) is 0. The number of carboxylic acids is 1. The highest BCUT2D eigenvalue weighted by Gasteiger charge is 2.68. The van der Waals surface area contributed by atoms with Crippen molar-refractivity contribution in [1.82, 2.24) is 0 Å². The van der Waals surface area contributed by atoms with E-state index in [-0.39, 0.29) is 29.8 Å². The van der Waals surface area contributed by atoms with Gasteiger partial charge in [-0.15, -0.1) is 0 Å². The summed E-state index contributed by atoms with van der Waals surface area (Å²) in [6, 6.07) is 0. The lowest BCUT2D eigenvalue weighted by Crippen LogP contribution is -2.28. The Kier molecular flexibility index (Phi) is 1.37. The monoisotopic (exact) mass is 220 g/mol. The van der Waals surface area contributed by atoms with Crippen molar-refractivity contribution >= 4 is 11.9 Å². The van der Waals surface area contributed by atoms with Crippen molar-refractivity contribution in [3.05, 3.63) is 12.2 Å². The van der Waals surface area contributed by atoms with E-state index in [4.69, 9.17) is 4.74 Å². The average molecular weight is 220 g/mol. The Labute approximate surface area is 92.3 Å². The predicted octanol–water partition coefficient (Wildman–Crippen LogP) is 0.681. The van der Waals surface area contributed by atoms with Crippen LogP contribution in [-0.4, -0.2) is 23.1 Å². The van der Waals surface area contributed by atoms with Gasteiger partial charge < -0.3 is 9.84 Å². The van der Waals surface area contributed by atoms with E-state index in [1.165, 1.54) is 0 Å². The highest BCUT2D eigenvalue weighted by molar-refractivity contribution is 5.85. The van der Waals surface area contributed by atoms with Gasteiger partial charge in [0.25, 0.3) is 0 Å². The molecule has 0 aromatic carbocycles. The van der Waals surface area contributed by atoms with Gasteiger partial charge in [-0.2, -0.15) is 0 Å². The Bertz CT molecular complexity index is 427. The fourth-order valence-electron chi connectivity index (χ4n) is 4.55. The zero-order valence-corrected chi connectivity index (χ0v) is 8.58. The van der Waals surface area contributed by atoms with Gasteiger partial charge in [0, 0.05) is 5.92 Å². The largest absolute Gasteiger partial charge is 0.481 e. The van der Waals surface area contributed by atoms with Gasteiger partial charge in [0.1, 0.15) is 6.10 Å². The van der Waals surface area contributed by atoms with Crippen molar-refractivity contribution in [2.45, 2.75) is 12.5 Å². The van der Waals surface area contributed by atoms with Crippen LogP contribution in [0.5, 0.6) is 0 Å². The first-order valence-electron chi connectivity index (χ1n) is 5.80. The van der Waals surface area contributed by atoms with Crippen LogP contribution < -0.4 is 0 Å². The standard InChI is InChI=1S/C12H12O4/c13-11(14)8-5-2-1-4-3-6-9(7(4)5)10(8)12(15)16-6/h1-2,4-10H,3H2,(H,13,14)/t4-,5-,6+,7-,8-,9+,10+/m1/s1. The minimum atomic E-state index is -0.840. The van der Waals surface area contributed by atoms with E-state index in [2.05, 4.69) is 6.08 Å². The molecule has 2 saturated carbocycles.